The van der Waals surface area contributed by atoms with Crippen LogP contribution >= 0.6 is 11.6 Å². The molecule has 2 fully saturated rings. The molecule has 0 N–H and O–H groups in total. The summed E-state index contributed by atoms with van der Waals surface area (Å²) >= 11 is 6.15. The van der Waals surface area contributed by atoms with E-state index in [1.165, 1.54) is 32.2 Å². The average Bonchev–Trinajstić information content (AvgIpc) is 3.21. The summed E-state index contributed by atoms with van der Waals surface area (Å²) in [5.41, 5.74) is 0. The molecule has 0 spiro atoms. The Bertz CT molecular complexity index is 461. The molecular formula is C14H21ClN4. The Labute approximate surface area is 119 Å². The van der Waals surface area contributed by atoms with Gasteiger partial charge in [0.15, 0.2) is 0 Å². The summed E-state index contributed by atoms with van der Waals surface area (Å²) in [7, 11) is 4.31. The van der Waals surface area contributed by atoms with Crippen molar-refractivity contribution in [2.24, 2.45) is 0 Å². The number of rotatable bonds is 3. The number of piperidine rings is 1. The number of likely N-dealkylation sites (N-methyl/N-ethyl adjacent to an activating group) is 2. The zero-order chi connectivity index (χ0) is 13.4. The standard InChI is InChI=1S/C14H21ClN4/c1-18-7-3-4-11(9-18)19(2)13-8-12(15)16-14(17-13)10-5-6-10/h8,10-11H,3-7,9H2,1-2H3. The Morgan fingerprint density at radius 2 is 2.11 bits per heavy atom. The fourth-order valence-corrected chi connectivity index (χ4v) is 2.95. The van der Waals surface area contributed by atoms with Crippen molar-refractivity contribution in [2.45, 2.75) is 37.6 Å². The summed E-state index contributed by atoms with van der Waals surface area (Å²) in [6, 6.07) is 2.42. The van der Waals surface area contributed by atoms with Crippen molar-refractivity contribution in [3.63, 3.8) is 0 Å². The van der Waals surface area contributed by atoms with Crippen LogP contribution in [0.4, 0.5) is 5.82 Å². The van der Waals surface area contributed by atoms with E-state index in [1.54, 1.807) is 0 Å². The van der Waals surface area contributed by atoms with Gasteiger partial charge in [-0.25, -0.2) is 9.97 Å². The molecule has 104 valence electrons. The maximum atomic E-state index is 6.15. The third kappa shape index (κ3) is 3.00. The van der Waals surface area contributed by atoms with Crippen LogP contribution in [0.3, 0.4) is 0 Å². The minimum Gasteiger partial charge on any atom is -0.355 e. The molecule has 4 nitrogen and oxygen atoms in total. The van der Waals surface area contributed by atoms with Gasteiger partial charge in [-0.3, -0.25) is 0 Å². The van der Waals surface area contributed by atoms with E-state index in [-0.39, 0.29) is 0 Å². The van der Waals surface area contributed by atoms with Gasteiger partial charge < -0.3 is 9.80 Å². The van der Waals surface area contributed by atoms with Crippen molar-refractivity contribution in [2.75, 3.05) is 32.1 Å². The number of aromatic nitrogens is 2. The predicted molar refractivity (Wildman–Crippen MR) is 77.9 cm³/mol. The van der Waals surface area contributed by atoms with Gasteiger partial charge in [-0.2, -0.15) is 0 Å². The summed E-state index contributed by atoms with van der Waals surface area (Å²) < 4.78 is 0. The van der Waals surface area contributed by atoms with Gasteiger partial charge in [0.2, 0.25) is 0 Å². The largest absolute Gasteiger partial charge is 0.355 e. The summed E-state index contributed by atoms with van der Waals surface area (Å²) in [5.74, 6) is 2.44. The lowest BCUT2D eigenvalue weighted by atomic mass is 10.1. The molecule has 2 heterocycles. The molecule has 5 heteroatoms. The van der Waals surface area contributed by atoms with E-state index in [4.69, 9.17) is 16.6 Å². The number of likely N-dealkylation sites (tertiary alicyclic amines) is 1. The van der Waals surface area contributed by atoms with Gasteiger partial charge in [0.25, 0.3) is 0 Å². The first-order chi connectivity index (χ1) is 9.13. The predicted octanol–water partition coefficient (Wildman–Crippen LogP) is 2.54. The minimum absolute atomic E-state index is 0.525. The molecular weight excluding hydrogens is 260 g/mol. The van der Waals surface area contributed by atoms with Crippen molar-refractivity contribution in [1.29, 1.82) is 0 Å². The van der Waals surface area contributed by atoms with E-state index in [9.17, 15) is 0 Å². The van der Waals surface area contributed by atoms with Crippen LogP contribution in [0.15, 0.2) is 6.07 Å². The summed E-state index contributed by atoms with van der Waals surface area (Å²) in [5, 5.41) is 0.572. The van der Waals surface area contributed by atoms with Gasteiger partial charge in [-0.05, 0) is 39.3 Å². The average molecular weight is 281 g/mol. The number of anilines is 1. The number of hydrogen-bond donors (Lipinski definition) is 0. The first-order valence-corrected chi connectivity index (χ1v) is 7.47. The van der Waals surface area contributed by atoms with Crippen LogP contribution in [0.1, 0.15) is 37.4 Å². The fourth-order valence-electron chi connectivity index (χ4n) is 2.77. The van der Waals surface area contributed by atoms with E-state index in [0.29, 0.717) is 17.1 Å². The lowest BCUT2D eigenvalue weighted by molar-refractivity contribution is 0.247. The van der Waals surface area contributed by atoms with Crippen LogP contribution < -0.4 is 4.90 Å². The third-order valence-electron chi connectivity index (χ3n) is 4.15. The number of nitrogens with zero attached hydrogens (tertiary/aromatic N) is 4. The van der Waals surface area contributed by atoms with E-state index in [2.05, 4.69) is 28.9 Å². The lowest BCUT2D eigenvalue weighted by Gasteiger charge is -2.36. The highest BCUT2D eigenvalue weighted by Gasteiger charge is 2.29. The molecule has 19 heavy (non-hydrogen) atoms. The van der Waals surface area contributed by atoms with Crippen molar-refractivity contribution >= 4 is 17.4 Å². The van der Waals surface area contributed by atoms with Gasteiger partial charge in [-0.1, -0.05) is 11.6 Å². The molecule has 1 aliphatic heterocycles. The summed E-state index contributed by atoms with van der Waals surface area (Å²) in [6.07, 6.45) is 4.88. The number of halogens is 1. The molecule has 1 saturated carbocycles. The normalized spacial score (nSPS) is 24.5. The Kier molecular flexibility index (Phi) is 3.63. The molecule has 3 rings (SSSR count). The van der Waals surface area contributed by atoms with E-state index < -0.39 is 0 Å². The van der Waals surface area contributed by atoms with Crippen molar-refractivity contribution < 1.29 is 0 Å². The molecule has 0 aromatic carbocycles. The highest BCUT2D eigenvalue weighted by molar-refractivity contribution is 6.29. The van der Waals surface area contributed by atoms with Crippen LogP contribution in [-0.2, 0) is 0 Å². The highest BCUT2D eigenvalue weighted by Crippen LogP contribution is 2.39. The molecule has 0 bridgehead atoms. The molecule has 1 saturated heterocycles. The van der Waals surface area contributed by atoms with Gasteiger partial charge in [-0.15, -0.1) is 0 Å². The third-order valence-corrected chi connectivity index (χ3v) is 4.34. The second-order valence-corrected chi connectivity index (χ2v) is 6.24. The first kappa shape index (κ1) is 13.1. The van der Waals surface area contributed by atoms with Gasteiger partial charge in [0, 0.05) is 31.6 Å². The lowest BCUT2D eigenvalue weighted by Crippen LogP contribution is -2.45. The molecule has 1 unspecified atom stereocenters. The smallest absolute Gasteiger partial charge is 0.135 e. The highest BCUT2D eigenvalue weighted by atomic mass is 35.5. The number of hydrogen-bond acceptors (Lipinski definition) is 4. The minimum atomic E-state index is 0.525. The first-order valence-electron chi connectivity index (χ1n) is 7.09. The van der Waals surface area contributed by atoms with Gasteiger partial charge in [0.05, 0.1) is 0 Å². The molecule has 2 aliphatic rings. The maximum Gasteiger partial charge on any atom is 0.135 e. The van der Waals surface area contributed by atoms with Crippen molar-refractivity contribution in [1.82, 2.24) is 14.9 Å². The van der Waals surface area contributed by atoms with Crippen molar-refractivity contribution in [3.8, 4) is 0 Å². The van der Waals surface area contributed by atoms with E-state index in [0.717, 1.165) is 18.2 Å². The van der Waals surface area contributed by atoms with Crippen LogP contribution in [0.2, 0.25) is 5.15 Å². The topological polar surface area (TPSA) is 32.3 Å². The second kappa shape index (κ2) is 5.25. The monoisotopic (exact) mass is 280 g/mol. The molecule has 1 aromatic rings. The Balaban J connectivity index is 1.80. The van der Waals surface area contributed by atoms with Crippen LogP contribution in [0.5, 0.6) is 0 Å². The van der Waals surface area contributed by atoms with Gasteiger partial charge >= 0.3 is 0 Å². The van der Waals surface area contributed by atoms with Crippen LogP contribution in [0, 0.1) is 0 Å². The molecule has 0 radical (unpaired) electrons. The summed E-state index contributed by atoms with van der Waals surface area (Å²) in [6.45, 7) is 2.29. The molecule has 0 amide bonds. The van der Waals surface area contributed by atoms with Crippen LogP contribution in [0.25, 0.3) is 0 Å². The fraction of sp³-hybridized carbons (Fsp3) is 0.714. The molecule has 1 aromatic heterocycles. The van der Waals surface area contributed by atoms with E-state index in [1.807, 2.05) is 6.07 Å². The quantitative estimate of drug-likeness (QED) is 0.797. The summed E-state index contributed by atoms with van der Waals surface area (Å²) in [4.78, 5) is 13.7. The molecule has 1 aliphatic carbocycles. The second-order valence-electron chi connectivity index (χ2n) is 5.85. The zero-order valence-electron chi connectivity index (χ0n) is 11.6. The van der Waals surface area contributed by atoms with Gasteiger partial charge in [0.1, 0.15) is 16.8 Å². The SMILES string of the molecule is CN1CCCC(N(C)c2cc(Cl)nc(C3CC3)n2)C1. The zero-order valence-corrected chi connectivity index (χ0v) is 12.4. The van der Waals surface area contributed by atoms with E-state index >= 15 is 0 Å². The van der Waals surface area contributed by atoms with Crippen LogP contribution in [-0.4, -0.2) is 48.1 Å². The Morgan fingerprint density at radius 3 is 2.79 bits per heavy atom. The maximum absolute atomic E-state index is 6.15. The van der Waals surface area contributed by atoms with Crippen molar-refractivity contribution in [3.05, 3.63) is 17.0 Å². The Hall–Kier alpha value is -0.870. The molecule has 1 atom stereocenters. The Morgan fingerprint density at radius 1 is 1.32 bits per heavy atom.